The molecule has 0 aliphatic carbocycles. The van der Waals surface area contributed by atoms with Crippen LogP contribution in [0.1, 0.15) is 59.3 Å². The van der Waals surface area contributed by atoms with Crippen molar-refractivity contribution < 1.29 is 14.3 Å². The van der Waals surface area contributed by atoms with E-state index in [-0.39, 0.29) is 24.2 Å². The highest BCUT2D eigenvalue weighted by Gasteiger charge is 2.23. The van der Waals surface area contributed by atoms with E-state index < -0.39 is 6.09 Å². The number of nitrogens with zero attached hydrogens (tertiary/aromatic N) is 4. The molecule has 0 unspecified atom stereocenters. The summed E-state index contributed by atoms with van der Waals surface area (Å²) in [6.07, 6.45) is 2.83. The minimum absolute atomic E-state index is 0.0449. The summed E-state index contributed by atoms with van der Waals surface area (Å²) in [7, 11) is 0. The fraction of sp³-hybridized carbons (Fsp3) is 0.333. The summed E-state index contributed by atoms with van der Waals surface area (Å²) in [4.78, 5) is 39.4. The van der Waals surface area contributed by atoms with Crippen LogP contribution in [0.2, 0.25) is 10.0 Å². The topological polar surface area (TPSA) is 99.7 Å². The van der Waals surface area contributed by atoms with E-state index in [2.05, 4.69) is 39.3 Å². The van der Waals surface area contributed by atoms with Crippen LogP contribution in [0.4, 0.5) is 22.2 Å². The zero-order valence-electron chi connectivity index (χ0n) is 27.6. The number of nitrogens with one attached hydrogen (secondary N) is 2. The number of amides is 2. The third-order valence-corrected chi connectivity index (χ3v) is 8.33. The van der Waals surface area contributed by atoms with E-state index in [0.29, 0.717) is 39.2 Å². The second kappa shape index (κ2) is 17.1. The second-order valence-corrected chi connectivity index (χ2v) is 12.2. The van der Waals surface area contributed by atoms with Gasteiger partial charge in [0.2, 0.25) is 5.95 Å². The molecule has 0 aliphatic rings. The number of benzene rings is 3. The predicted molar refractivity (Wildman–Crippen MR) is 190 cm³/mol. The minimum atomic E-state index is -0.642. The number of hydrogen-bond acceptors (Lipinski definition) is 7. The van der Waals surface area contributed by atoms with Crippen molar-refractivity contribution in [2.75, 3.05) is 36.4 Å². The maximum absolute atomic E-state index is 13.8. The average Bonchev–Trinajstić information content (AvgIpc) is 3.05. The van der Waals surface area contributed by atoms with Crippen LogP contribution in [0, 0.1) is 20.8 Å². The third-order valence-electron chi connectivity index (χ3n) is 7.73. The smallest absolute Gasteiger partial charge is 0.409 e. The minimum Gasteiger partial charge on any atom is -0.409 e. The second-order valence-electron chi connectivity index (χ2n) is 11.4. The van der Waals surface area contributed by atoms with Crippen LogP contribution in [0.3, 0.4) is 0 Å². The van der Waals surface area contributed by atoms with Crippen LogP contribution >= 0.6 is 23.2 Å². The molecule has 2 N–H and O–H groups in total. The Balaban J connectivity index is 1.52. The summed E-state index contributed by atoms with van der Waals surface area (Å²) in [6.45, 7) is 13.8. The Bertz CT molecular complexity index is 1670. The molecule has 3 aromatic carbocycles. The molecule has 0 saturated heterocycles. The molecule has 2 amide bonds. The monoisotopic (exact) mass is 676 g/mol. The Morgan fingerprint density at radius 2 is 1.66 bits per heavy atom. The normalized spacial score (nSPS) is 11.0. The molecule has 9 nitrogen and oxygen atoms in total. The first-order valence-corrected chi connectivity index (χ1v) is 16.5. The van der Waals surface area contributed by atoms with E-state index in [0.717, 1.165) is 49.2 Å². The Hall–Kier alpha value is -4.18. The maximum atomic E-state index is 13.8. The van der Waals surface area contributed by atoms with E-state index in [9.17, 15) is 9.59 Å². The van der Waals surface area contributed by atoms with Crippen LogP contribution in [0.25, 0.3) is 0 Å². The van der Waals surface area contributed by atoms with Crippen LogP contribution in [0.5, 0.6) is 5.75 Å². The fourth-order valence-corrected chi connectivity index (χ4v) is 5.65. The molecule has 0 saturated carbocycles. The lowest BCUT2D eigenvalue weighted by molar-refractivity contribution is 0.0952. The molecule has 0 bridgehead atoms. The van der Waals surface area contributed by atoms with Crippen molar-refractivity contribution >= 4 is 52.7 Å². The van der Waals surface area contributed by atoms with Gasteiger partial charge in [-0.2, -0.15) is 4.98 Å². The summed E-state index contributed by atoms with van der Waals surface area (Å²) in [5, 5.41) is 7.09. The van der Waals surface area contributed by atoms with Crippen molar-refractivity contribution in [2.24, 2.45) is 0 Å². The van der Waals surface area contributed by atoms with Gasteiger partial charge in [-0.25, -0.2) is 9.78 Å². The molecule has 0 spiro atoms. The molecule has 0 radical (unpaired) electrons. The van der Waals surface area contributed by atoms with Crippen molar-refractivity contribution in [3.63, 3.8) is 0 Å². The standard InChI is InChI=1S/C36H42Cl2N6O3/c1-6-43(7-2)18-9-8-16-39-34(45)27-11-10-12-30(22-27)41-35-40-17-15-32(42-35)44(23-28-21-29(37)13-14-31(28)38)36(46)47-33-25(4)19-24(3)20-26(33)5/h10-15,17,19-22H,6-9,16,18,23H2,1-5H3,(H,39,45)(H,40,41,42). The third kappa shape index (κ3) is 10.2. The highest BCUT2D eigenvalue weighted by Crippen LogP contribution is 2.29. The van der Waals surface area contributed by atoms with Crippen molar-refractivity contribution in [3.05, 3.63) is 105 Å². The summed E-state index contributed by atoms with van der Waals surface area (Å²) in [5.74, 6) is 0.841. The molecule has 11 heteroatoms. The summed E-state index contributed by atoms with van der Waals surface area (Å²) in [6, 6.07) is 17.7. The van der Waals surface area contributed by atoms with Crippen molar-refractivity contribution in [1.82, 2.24) is 20.2 Å². The molecule has 1 aromatic heterocycles. The van der Waals surface area contributed by atoms with Gasteiger partial charge in [0.1, 0.15) is 11.6 Å². The molecular formula is C36H42Cl2N6O3. The summed E-state index contributed by atoms with van der Waals surface area (Å²) >= 11 is 12.8. The van der Waals surface area contributed by atoms with E-state index in [1.807, 2.05) is 39.0 Å². The Morgan fingerprint density at radius 3 is 2.38 bits per heavy atom. The van der Waals surface area contributed by atoms with E-state index in [1.165, 1.54) is 4.90 Å². The van der Waals surface area contributed by atoms with Crippen molar-refractivity contribution in [1.29, 1.82) is 0 Å². The van der Waals surface area contributed by atoms with Gasteiger partial charge in [-0.15, -0.1) is 0 Å². The lowest BCUT2D eigenvalue weighted by Gasteiger charge is -2.23. The first kappa shape index (κ1) is 35.7. The number of unbranched alkanes of at least 4 members (excludes halogenated alkanes) is 1. The molecule has 1 heterocycles. The van der Waals surface area contributed by atoms with Crippen LogP contribution in [-0.2, 0) is 6.54 Å². The largest absolute Gasteiger partial charge is 0.421 e. The predicted octanol–water partition coefficient (Wildman–Crippen LogP) is 8.51. The lowest BCUT2D eigenvalue weighted by Crippen LogP contribution is -2.34. The molecule has 0 aliphatic heterocycles. The van der Waals surface area contributed by atoms with Crippen LogP contribution in [0.15, 0.2) is 66.9 Å². The van der Waals surface area contributed by atoms with E-state index in [1.54, 1.807) is 48.7 Å². The first-order chi connectivity index (χ1) is 22.6. The molecule has 248 valence electrons. The number of halogens is 2. The molecule has 47 heavy (non-hydrogen) atoms. The Kier molecular flexibility index (Phi) is 13.0. The Labute approximate surface area is 287 Å². The average molecular weight is 678 g/mol. The van der Waals surface area contributed by atoms with Gasteiger partial charge in [0.15, 0.2) is 0 Å². The zero-order chi connectivity index (χ0) is 33.9. The van der Waals surface area contributed by atoms with E-state index >= 15 is 0 Å². The number of anilines is 3. The van der Waals surface area contributed by atoms with Gasteiger partial charge >= 0.3 is 6.09 Å². The summed E-state index contributed by atoms with van der Waals surface area (Å²) < 4.78 is 5.94. The molecule has 0 fully saturated rings. The van der Waals surface area contributed by atoms with Gasteiger partial charge in [0.05, 0.1) is 6.54 Å². The van der Waals surface area contributed by atoms with Gasteiger partial charge in [-0.1, -0.05) is 60.8 Å². The number of aryl methyl sites for hydroxylation is 3. The molecule has 0 atom stereocenters. The van der Waals surface area contributed by atoms with Crippen molar-refractivity contribution in [2.45, 2.75) is 54.0 Å². The van der Waals surface area contributed by atoms with Gasteiger partial charge < -0.3 is 20.3 Å². The highest BCUT2D eigenvalue weighted by atomic mass is 35.5. The number of carbonyl (C=O) groups is 2. The van der Waals surface area contributed by atoms with Crippen molar-refractivity contribution in [3.8, 4) is 5.75 Å². The van der Waals surface area contributed by atoms with Gasteiger partial charge in [0, 0.05) is 34.0 Å². The van der Waals surface area contributed by atoms with Gasteiger partial charge in [-0.05, 0) is 112 Å². The molecule has 4 rings (SSSR count). The maximum Gasteiger partial charge on any atom is 0.421 e. The number of rotatable bonds is 14. The SMILES string of the molecule is CCN(CC)CCCCNC(=O)c1cccc(Nc2nccc(N(Cc3cc(Cl)ccc3Cl)C(=O)Oc3c(C)cc(C)cc3C)n2)c1. The Morgan fingerprint density at radius 1 is 0.915 bits per heavy atom. The number of hydrogen-bond donors (Lipinski definition) is 2. The van der Waals surface area contributed by atoms with Crippen LogP contribution < -0.4 is 20.3 Å². The molecule has 4 aromatic rings. The van der Waals surface area contributed by atoms with Gasteiger partial charge in [-0.3, -0.25) is 9.69 Å². The fourth-order valence-electron chi connectivity index (χ4n) is 5.28. The number of aromatic nitrogens is 2. The van der Waals surface area contributed by atoms with Crippen LogP contribution in [-0.4, -0.2) is 53.0 Å². The highest BCUT2D eigenvalue weighted by molar-refractivity contribution is 6.33. The molecular weight excluding hydrogens is 635 g/mol. The number of ether oxygens (including phenoxy) is 1. The lowest BCUT2D eigenvalue weighted by atomic mass is 10.1. The summed E-state index contributed by atoms with van der Waals surface area (Å²) in [5.41, 5.74) is 4.50. The quantitative estimate of drug-likeness (QED) is 0.129. The van der Waals surface area contributed by atoms with Gasteiger partial charge in [0.25, 0.3) is 5.91 Å². The number of carbonyl (C=O) groups excluding carboxylic acids is 2. The van der Waals surface area contributed by atoms with E-state index in [4.69, 9.17) is 27.9 Å². The zero-order valence-corrected chi connectivity index (χ0v) is 29.1. The first-order valence-electron chi connectivity index (χ1n) is 15.8.